The quantitative estimate of drug-likeness (QED) is 0.862. The highest BCUT2D eigenvalue weighted by Gasteiger charge is 2.39. The molecule has 1 atom stereocenters. The van der Waals surface area contributed by atoms with E-state index in [0.717, 1.165) is 43.6 Å². The van der Waals surface area contributed by atoms with Crippen LogP contribution in [0.2, 0.25) is 0 Å². The van der Waals surface area contributed by atoms with Gasteiger partial charge in [-0.2, -0.15) is 0 Å². The van der Waals surface area contributed by atoms with Crippen molar-refractivity contribution >= 4 is 0 Å². The highest BCUT2D eigenvalue weighted by molar-refractivity contribution is 5.45. The van der Waals surface area contributed by atoms with Gasteiger partial charge in [0.15, 0.2) is 0 Å². The summed E-state index contributed by atoms with van der Waals surface area (Å²) in [5.41, 5.74) is 8.91. The van der Waals surface area contributed by atoms with Gasteiger partial charge in [-0.25, -0.2) is 0 Å². The molecule has 1 aliphatic carbocycles. The van der Waals surface area contributed by atoms with Crippen molar-refractivity contribution in [2.24, 2.45) is 5.73 Å². The van der Waals surface area contributed by atoms with Gasteiger partial charge in [-0.3, -0.25) is 0 Å². The summed E-state index contributed by atoms with van der Waals surface area (Å²) in [6, 6.07) is 6.30. The number of aryl methyl sites for hydroxylation is 1. The van der Waals surface area contributed by atoms with E-state index in [4.69, 9.17) is 15.2 Å². The maximum absolute atomic E-state index is 6.70. The fraction of sp³-hybridized carbons (Fsp3) is 0.667. The summed E-state index contributed by atoms with van der Waals surface area (Å²) in [4.78, 5) is 0. The van der Waals surface area contributed by atoms with E-state index in [0.29, 0.717) is 0 Å². The molecule has 0 amide bonds. The number of methoxy groups -OCH3 is 1. The molecule has 3 rings (SSSR count). The Hall–Kier alpha value is -1.06. The normalized spacial score (nSPS) is 22.8. The lowest BCUT2D eigenvalue weighted by molar-refractivity contribution is -0.0448. The van der Waals surface area contributed by atoms with Gasteiger partial charge >= 0.3 is 0 Å². The summed E-state index contributed by atoms with van der Waals surface area (Å²) in [5.74, 6) is 1.02. The summed E-state index contributed by atoms with van der Waals surface area (Å²) < 4.78 is 11.9. The van der Waals surface area contributed by atoms with Gasteiger partial charge in [0.25, 0.3) is 0 Å². The summed E-state index contributed by atoms with van der Waals surface area (Å²) in [5, 5.41) is 0. The van der Waals surface area contributed by atoms with E-state index in [9.17, 15) is 0 Å². The lowest BCUT2D eigenvalue weighted by Crippen LogP contribution is -2.43. The minimum atomic E-state index is -0.230. The molecule has 3 nitrogen and oxygen atoms in total. The first-order valence-corrected chi connectivity index (χ1v) is 8.32. The van der Waals surface area contributed by atoms with E-state index in [-0.39, 0.29) is 11.6 Å². The molecule has 1 saturated carbocycles. The van der Waals surface area contributed by atoms with Gasteiger partial charge in [-0.1, -0.05) is 43.9 Å². The van der Waals surface area contributed by atoms with E-state index < -0.39 is 0 Å². The number of para-hydroxylation sites is 1. The van der Waals surface area contributed by atoms with Crippen molar-refractivity contribution < 1.29 is 9.47 Å². The second-order valence-electron chi connectivity index (χ2n) is 6.45. The summed E-state index contributed by atoms with van der Waals surface area (Å²) >= 11 is 0. The van der Waals surface area contributed by atoms with Gasteiger partial charge in [0.2, 0.25) is 0 Å². The van der Waals surface area contributed by atoms with Crippen LogP contribution in [0, 0.1) is 0 Å². The molecule has 1 aliphatic heterocycles. The van der Waals surface area contributed by atoms with E-state index in [1.165, 1.54) is 31.2 Å². The van der Waals surface area contributed by atoms with Crippen LogP contribution in [0.15, 0.2) is 18.2 Å². The summed E-state index contributed by atoms with van der Waals surface area (Å²) in [7, 11) is 1.82. The molecular weight excluding hydrogens is 262 g/mol. The van der Waals surface area contributed by atoms with Gasteiger partial charge in [-0.15, -0.1) is 0 Å². The van der Waals surface area contributed by atoms with Crippen LogP contribution in [0.25, 0.3) is 0 Å². The summed E-state index contributed by atoms with van der Waals surface area (Å²) in [6.07, 6.45) is 9.29. The predicted molar refractivity (Wildman–Crippen MR) is 84.6 cm³/mol. The first-order chi connectivity index (χ1) is 10.3. The van der Waals surface area contributed by atoms with Gasteiger partial charge in [0, 0.05) is 12.7 Å². The summed E-state index contributed by atoms with van der Waals surface area (Å²) in [6.45, 7) is 0.802. The smallest absolute Gasteiger partial charge is 0.127 e. The Morgan fingerprint density at radius 1 is 1.14 bits per heavy atom. The minimum Gasteiger partial charge on any atom is -0.493 e. The zero-order valence-electron chi connectivity index (χ0n) is 13.1. The Morgan fingerprint density at radius 3 is 2.62 bits per heavy atom. The molecule has 0 aromatic heterocycles. The maximum atomic E-state index is 6.70. The van der Waals surface area contributed by atoms with Crippen molar-refractivity contribution in [3.8, 4) is 5.75 Å². The van der Waals surface area contributed by atoms with Crippen LogP contribution in [-0.2, 0) is 11.2 Å². The molecule has 1 heterocycles. The van der Waals surface area contributed by atoms with Crippen molar-refractivity contribution in [1.82, 2.24) is 0 Å². The number of fused-ring (bicyclic) bond motifs is 1. The molecule has 0 radical (unpaired) electrons. The molecular formula is C18H27NO2. The number of rotatable bonds is 3. The van der Waals surface area contributed by atoms with E-state index in [2.05, 4.69) is 18.2 Å². The Kier molecular flexibility index (Phi) is 4.51. The van der Waals surface area contributed by atoms with Crippen molar-refractivity contribution in [1.29, 1.82) is 0 Å². The zero-order chi connectivity index (χ0) is 14.7. The first-order valence-electron chi connectivity index (χ1n) is 8.32. The van der Waals surface area contributed by atoms with Gasteiger partial charge in [0.05, 0.1) is 18.2 Å². The van der Waals surface area contributed by atoms with E-state index in [1.807, 2.05) is 7.11 Å². The Labute approximate surface area is 127 Å². The van der Waals surface area contributed by atoms with Gasteiger partial charge in [-0.05, 0) is 31.2 Å². The Morgan fingerprint density at radius 2 is 1.90 bits per heavy atom. The number of hydrogen-bond acceptors (Lipinski definition) is 3. The highest BCUT2D eigenvalue weighted by Crippen LogP contribution is 2.43. The monoisotopic (exact) mass is 289 g/mol. The molecule has 1 unspecified atom stereocenters. The first kappa shape index (κ1) is 14.9. The topological polar surface area (TPSA) is 44.5 Å². The third-order valence-electron chi connectivity index (χ3n) is 5.22. The van der Waals surface area contributed by atoms with E-state index >= 15 is 0 Å². The molecule has 0 spiro atoms. The fourth-order valence-electron chi connectivity index (χ4n) is 3.91. The molecule has 21 heavy (non-hydrogen) atoms. The van der Waals surface area contributed by atoms with Crippen LogP contribution < -0.4 is 10.5 Å². The second-order valence-corrected chi connectivity index (χ2v) is 6.45. The Balaban J connectivity index is 1.94. The predicted octanol–water partition coefficient (Wildman–Crippen LogP) is 3.75. The highest BCUT2D eigenvalue weighted by atomic mass is 16.5. The second kappa shape index (κ2) is 6.37. The van der Waals surface area contributed by atoms with Gasteiger partial charge in [0.1, 0.15) is 5.75 Å². The molecule has 2 N–H and O–H groups in total. The third-order valence-corrected chi connectivity index (χ3v) is 5.22. The van der Waals surface area contributed by atoms with Crippen molar-refractivity contribution in [2.75, 3.05) is 13.7 Å². The van der Waals surface area contributed by atoms with Crippen molar-refractivity contribution in [3.05, 3.63) is 29.3 Å². The van der Waals surface area contributed by atoms with Crippen LogP contribution in [0.1, 0.15) is 62.1 Å². The van der Waals surface area contributed by atoms with Crippen LogP contribution in [0.3, 0.4) is 0 Å². The molecule has 0 bridgehead atoms. The molecule has 0 saturated heterocycles. The SMILES string of the molecule is COC1(C(N)c2cccc3c2OCCC3)CCCCCC1. The maximum Gasteiger partial charge on any atom is 0.127 e. The van der Waals surface area contributed by atoms with Crippen LogP contribution in [0.5, 0.6) is 5.75 Å². The van der Waals surface area contributed by atoms with Crippen molar-refractivity contribution in [2.45, 2.75) is 63.0 Å². The van der Waals surface area contributed by atoms with Crippen LogP contribution >= 0.6 is 0 Å². The number of ether oxygens (including phenoxy) is 2. The molecule has 3 heteroatoms. The minimum absolute atomic E-state index is 0.103. The van der Waals surface area contributed by atoms with Gasteiger partial charge < -0.3 is 15.2 Å². The zero-order valence-corrected chi connectivity index (χ0v) is 13.1. The number of hydrogen-bond donors (Lipinski definition) is 1. The van der Waals surface area contributed by atoms with Crippen molar-refractivity contribution in [3.63, 3.8) is 0 Å². The lowest BCUT2D eigenvalue weighted by atomic mass is 9.81. The third kappa shape index (κ3) is 2.82. The lowest BCUT2D eigenvalue weighted by Gasteiger charge is -2.38. The van der Waals surface area contributed by atoms with Crippen LogP contribution in [-0.4, -0.2) is 19.3 Å². The standard InChI is InChI=1S/C18H27NO2/c1-20-18(11-4-2-3-5-12-18)17(19)15-10-6-8-14-9-7-13-21-16(14)15/h6,8,10,17H,2-5,7,9,11-13,19H2,1H3. The van der Waals surface area contributed by atoms with E-state index in [1.54, 1.807) is 0 Å². The molecule has 1 aromatic carbocycles. The average Bonchev–Trinajstić information content (AvgIpc) is 2.80. The molecule has 1 fully saturated rings. The average molecular weight is 289 g/mol. The largest absolute Gasteiger partial charge is 0.493 e. The fourth-order valence-corrected chi connectivity index (χ4v) is 3.91. The Bertz CT molecular complexity index is 478. The molecule has 116 valence electrons. The molecule has 2 aliphatic rings. The van der Waals surface area contributed by atoms with Crippen LogP contribution in [0.4, 0.5) is 0 Å². The molecule has 1 aromatic rings. The number of nitrogens with two attached hydrogens (primary N) is 1. The number of benzene rings is 1.